The Hall–Kier alpha value is -0.740. The van der Waals surface area contributed by atoms with Gasteiger partial charge in [-0.3, -0.25) is 0 Å². The third-order valence-electron chi connectivity index (χ3n) is 3.18. The van der Waals surface area contributed by atoms with Crippen LogP contribution in [0.25, 0.3) is 0 Å². The van der Waals surface area contributed by atoms with Crippen LogP contribution in [0.5, 0.6) is 0 Å². The SMILES string of the molecule is CCCS(=O)(=O)c1ccccc1NC(C)C(C)CCl. The Bertz CT molecular complexity index is 502. The van der Waals surface area contributed by atoms with Crippen molar-refractivity contribution in [1.82, 2.24) is 0 Å². The summed E-state index contributed by atoms with van der Waals surface area (Å²) in [7, 11) is -3.21. The van der Waals surface area contributed by atoms with Gasteiger partial charge < -0.3 is 5.32 Å². The minimum atomic E-state index is -3.21. The molecular formula is C14H22ClNO2S. The third kappa shape index (κ3) is 4.39. The summed E-state index contributed by atoms with van der Waals surface area (Å²) in [4.78, 5) is 0.380. The largest absolute Gasteiger partial charge is 0.381 e. The molecule has 0 bridgehead atoms. The Morgan fingerprint density at radius 3 is 2.47 bits per heavy atom. The first-order chi connectivity index (χ1) is 8.92. The first-order valence-electron chi connectivity index (χ1n) is 6.56. The lowest BCUT2D eigenvalue weighted by Crippen LogP contribution is -2.26. The van der Waals surface area contributed by atoms with Gasteiger partial charge in [0.25, 0.3) is 0 Å². The van der Waals surface area contributed by atoms with Crippen LogP contribution in [0.3, 0.4) is 0 Å². The van der Waals surface area contributed by atoms with E-state index in [0.717, 1.165) is 0 Å². The monoisotopic (exact) mass is 303 g/mol. The van der Waals surface area contributed by atoms with E-state index in [-0.39, 0.29) is 17.7 Å². The van der Waals surface area contributed by atoms with Crippen LogP contribution in [0.15, 0.2) is 29.2 Å². The normalized spacial score (nSPS) is 14.9. The summed E-state index contributed by atoms with van der Waals surface area (Å²) in [6.45, 7) is 5.91. The predicted octanol–water partition coefficient (Wildman–Crippen LogP) is 3.55. The molecule has 0 amide bonds. The topological polar surface area (TPSA) is 46.2 Å². The fourth-order valence-corrected chi connectivity index (χ4v) is 3.53. The van der Waals surface area contributed by atoms with Crippen molar-refractivity contribution < 1.29 is 8.42 Å². The number of sulfone groups is 1. The molecule has 2 unspecified atom stereocenters. The number of hydrogen-bond donors (Lipinski definition) is 1. The van der Waals surface area contributed by atoms with E-state index < -0.39 is 9.84 Å². The van der Waals surface area contributed by atoms with Gasteiger partial charge in [-0.1, -0.05) is 26.0 Å². The van der Waals surface area contributed by atoms with Crippen LogP contribution in [0, 0.1) is 5.92 Å². The van der Waals surface area contributed by atoms with Crippen molar-refractivity contribution in [1.29, 1.82) is 0 Å². The van der Waals surface area contributed by atoms with E-state index in [1.54, 1.807) is 18.2 Å². The highest BCUT2D eigenvalue weighted by molar-refractivity contribution is 7.91. The Morgan fingerprint density at radius 2 is 1.89 bits per heavy atom. The average molecular weight is 304 g/mol. The van der Waals surface area contributed by atoms with Gasteiger partial charge in [0.2, 0.25) is 0 Å². The highest BCUT2D eigenvalue weighted by Crippen LogP contribution is 2.24. The lowest BCUT2D eigenvalue weighted by atomic mass is 10.1. The minimum absolute atomic E-state index is 0.121. The van der Waals surface area contributed by atoms with Gasteiger partial charge in [0.05, 0.1) is 16.3 Å². The number of rotatable bonds is 7. The van der Waals surface area contributed by atoms with Gasteiger partial charge >= 0.3 is 0 Å². The number of benzene rings is 1. The molecule has 0 aromatic heterocycles. The Morgan fingerprint density at radius 1 is 1.26 bits per heavy atom. The molecule has 0 radical (unpaired) electrons. The number of anilines is 1. The van der Waals surface area contributed by atoms with Crippen LogP contribution < -0.4 is 5.32 Å². The molecule has 0 aliphatic heterocycles. The van der Waals surface area contributed by atoms with Crippen molar-refractivity contribution in [2.24, 2.45) is 5.92 Å². The van der Waals surface area contributed by atoms with Crippen molar-refractivity contribution in [2.45, 2.75) is 38.1 Å². The molecule has 0 heterocycles. The van der Waals surface area contributed by atoms with E-state index in [1.807, 2.05) is 26.8 Å². The van der Waals surface area contributed by atoms with E-state index >= 15 is 0 Å². The van der Waals surface area contributed by atoms with Gasteiger partial charge in [0, 0.05) is 11.9 Å². The predicted molar refractivity (Wildman–Crippen MR) is 81.8 cm³/mol. The van der Waals surface area contributed by atoms with Gasteiger partial charge in [0.1, 0.15) is 0 Å². The maximum absolute atomic E-state index is 12.2. The lowest BCUT2D eigenvalue weighted by molar-refractivity contribution is 0.563. The van der Waals surface area contributed by atoms with Crippen molar-refractivity contribution in [3.05, 3.63) is 24.3 Å². The second-order valence-electron chi connectivity index (χ2n) is 4.88. The van der Waals surface area contributed by atoms with Crippen molar-refractivity contribution >= 4 is 27.1 Å². The fourth-order valence-electron chi connectivity index (χ4n) is 1.76. The van der Waals surface area contributed by atoms with Crippen LogP contribution in [0.1, 0.15) is 27.2 Å². The molecule has 2 atom stereocenters. The smallest absolute Gasteiger partial charge is 0.180 e. The van der Waals surface area contributed by atoms with Crippen LogP contribution in [0.4, 0.5) is 5.69 Å². The summed E-state index contributed by atoms with van der Waals surface area (Å²) in [6.07, 6.45) is 0.615. The Balaban J connectivity index is 3.03. The molecule has 5 heteroatoms. The van der Waals surface area contributed by atoms with Crippen LogP contribution in [0.2, 0.25) is 0 Å². The molecule has 0 aliphatic rings. The zero-order valence-electron chi connectivity index (χ0n) is 11.7. The second kappa shape index (κ2) is 7.15. The molecule has 108 valence electrons. The van der Waals surface area contributed by atoms with Crippen molar-refractivity contribution in [3.63, 3.8) is 0 Å². The Kier molecular flexibility index (Phi) is 6.14. The maximum Gasteiger partial charge on any atom is 0.180 e. The molecule has 3 nitrogen and oxygen atoms in total. The maximum atomic E-state index is 12.2. The van der Waals surface area contributed by atoms with Crippen molar-refractivity contribution in [3.8, 4) is 0 Å². The highest BCUT2D eigenvalue weighted by Gasteiger charge is 2.19. The summed E-state index contributed by atoms with van der Waals surface area (Å²) < 4.78 is 24.4. The first kappa shape index (κ1) is 16.3. The van der Waals surface area contributed by atoms with E-state index in [9.17, 15) is 8.42 Å². The van der Waals surface area contributed by atoms with Crippen molar-refractivity contribution in [2.75, 3.05) is 16.9 Å². The molecule has 1 aromatic carbocycles. The van der Waals surface area contributed by atoms with E-state index in [0.29, 0.717) is 22.9 Å². The van der Waals surface area contributed by atoms with E-state index in [1.165, 1.54) is 0 Å². The first-order valence-corrected chi connectivity index (χ1v) is 8.75. The summed E-state index contributed by atoms with van der Waals surface area (Å²) >= 11 is 5.83. The zero-order valence-corrected chi connectivity index (χ0v) is 13.3. The minimum Gasteiger partial charge on any atom is -0.381 e. The number of halogens is 1. The van der Waals surface area contributed by atoms with Gasteiger partial charge in [0.15, 0.2) is 9.84 Å². The van der Waals surface area contributed by atoms with Gasteiger partial charge in [-0.15, -0.1) is 11.6 Å². The van der Waals surface area contributed by atoms with Gasteiger partial charge in [-0.2, -0.15) is 0 Å². The highest BCUT2D eigenvalue weighted by atomic mass is 35.5. The van der Waals surface area contributed by atoms with Crippen LogP contribution in [-0.2, 0) is 9.84 Å². The lowest BCUT2D eigenvalue weighted by Gasteiger charge is -2.22. The van der Waals surface area contributed by atoms with Crippen LogP contribution >= 0.6 is 11.6 Å². The molecule has 0 saturated heterocycles. The van der Waals surface area contributed by atoms with Crippen LogP contribution in [-0.4, -0.2) is 26.1 Å². The molecule has 1 N–H and O–H groups in total. The summed E-state index contributed by atoms with van der Waals surface area (Å²) in [5.74, 6) is 0.979. The molecule has 1 aromatic rings. The molecule has 19 heavy (non-hydrogen) atoms. The molecule has 0 aliphatic carbocycles. The Labute approximate surface area is 121 Å². The zero-order chi connectivity index (χ0) is 14.5. The van der Waals surface area contributed by atoms with Gasteiger partial charge in [-0.05, 0) is 31.4 Å². The number of alkyl halides is 1. The third-order valence-corrected chi connectivity index (χ3v) is 5.63. The quantitative estimate of drug-likeness (QED) is 0.784. The number of hydrogen-bond acceptors (Lipinski definition) is 3. The number of nitrogens with one attached hydrogen (secondary N) is 1. The van der Waals surface area contributed by atoms with Gasteiger partial charge in [-0.25, -0.2) is 8.42 Å². The summed E-state index contributed by atoms with van der Waals surface area (Å²) in [5.41, 5.74) is 0.667. The molecule has 1 rings (SSSR count). The van der Waals surface area contributed by atoms with E-state index in [2.05, 4.69) is 5.32 Å². The standard InChI is InChI=1S/C14H22ClNO2S/c1-4-9-19(17,18)14-8-6-5-7-13(14)16-12(3)11(2)10-15/h5-8,11-12,16H,4,9-10H2,1-3H3. The molecule has 0 saturated carbocycles. The van der Waals surface area contributed by atoms with E-state index in [4.69, 9.17) is 11.6 Å². The molecule has 0 fully saturated rings. The molecular weight excluding hydrogens is 282 g/mol. The average Bonchev–Trinajstić information content (AvgIpc) is 2.38. The number of para-hydroxylation sites is 1. The molecule has 0 spiro atoms. The summed E-state index contributed by atoms with van der Waals surface area (Å²) in [5, 5.41) is 3.26. The second-order valence-corrected chi connectivity index (χ2v) is 7.27. The summed E-state index contributed by atoms with van der Waals surface area (Å²) in [6, 6.07) is 7.18. The fraction of sp³-hybridized carbons (Fsp3) is 0.571.